The Morgan fingerprint density at radius 3 is 2.43 bits per heavy atom. The van der Waals surface area contributed by atoms with Crippen molar-refractivity contribution < 1.29 is 4.74 Å². The van der Waals surface area contributed by atoms with Gasteiger partial charge in [0.1, 0.15) is 0 Å². The van der Waals surface area contributed by atoms with E-state index >= 15 is 0 Å². The number of hydrogen-bond acceptors (Lipinski definition) is 2. The molecule has 0 N–H and O–H groups in total. The Bertz CT molecular complexity index is 172. The summed E-state index contributed by atoms with van der Waals surface area (Å²) in [4.78, 5) is 2.59. The normalized spacial score (nSPS) is 26.6. The Morgan fingerprint density at radius 1 is 1.29 bits per heavy atom. The molecule has 0 spiro atoms. The highest BCUT2D eigenvalue weighted by Gasteiger charge is 2.32. The first-order valence-electron chi connectivity index (χ1n) is 5.76. The van der Waals surface area contributed by atoms with Crippen LogP contribution in [0.3, 0.4) is 0 Å². The molecule has 0 aromatic heterocycles. The van der Waals surface area contributed by atoms with E-state index in [4.69, 9.17) is 4.74 Å². The molecule has 0 unspecified atom stereocenters. The molecule has 1 fully saturated rings. The summed E-state index contributed by atoms with van der Waals surface area (Å²) < 4.78 is 5.67. The van der Waals surface area contributed by atoms with Crippen LogP contribution in [-0.2, 0) is 4.74 Å². The first-order valence-corrected chi connectivity index (χ1v) is 5.76. The largest absolute Gasteiger partial charge is 0.380 e. The molecule has 1 atom stereocenters. The molecule has 14 heavy (non-hydrogen) atoms. The molecule has 1 aliphatic heterocycles. The molecule has 0 bridgehead atoms. The number of ether oxygens (including phenoxy) is 1. The highest BCUT2D eigenvalue weighted by molar-refractivity contribution is 4.86. The summed E-state index contributed by atoms with van der Waals surface area (Å²) in [5, 5.41) is 0. The van der Waals surface area contributed by atoms with Crippen molar-refractivity contribution in [2.24, 2.45) is 5.41 Å². The van der Waals surface area contributed by atoms with E-state index in [0.29, 0.717) is 17.5 Å². The number of hydrogen-bond donors (Lipinski definition) is 0. The Hall–Kier alpha value is -0.0800. The Morgan fingerprint density at radius 2 is 1.93 bits per heavy atom. The fourth-order valence-electron chi connectivity index (χ4n) is 2.16. The summed E-state index contributed by atoms with van der Waals surface area (Å²) in [5.41, 5.74) is 0.314. The molecule has 0 aromatic carbocycles. The number of rotatable bonds is 1. The maximum absolute atomic E-state index is 5.67. The lowest BCUT2D eigenvalue weighted by Crippen LogP contribution is -2.49. The molecule has 1 saturated heterocycles. The fourth-order valence-corrected chi connectivity index (χ4v) is 2.16. The Kier molecular flexibility index (Phi) is 3.96. The third-order valence-electron chi connectivity index (χ3n) is 3.04. The summed E-state index contributed by atoms with van der Waals surface area (Å²) in [5.74, 6) is 0. The molecule has 2 heteroatoms. The predicted octanol–water partition coefficient (Wildman–Crippen LogP) is 2.53. The van der Waals surface area contributed by atoms with Gasteiger partial charge in [-0.2, -0.15) is 0 Å². The van der Waals surface area contributed by atoms with Crippen LogP contribution in [0.4, 0.5) is 0 Å². The molecular weight excluding hydrogens is 174 g/mol. The van der Waals surface area contributed by atoms with Crippen molar-refractivity contribution in [3.8, 4) is 0 Å². The molecule has 0 saturated carbocycles. The van der Waals surface area contributed by atoms with Gasteiger partial charge in [0.15, 0.2) is 0 Å². The van der Waals surface area contributed by atoms with Crippen LogP contribution < -0.4 is 0 Å². The highest BCUT2D eigenvalue weighted by atomic mass is 16.5. The summed E-state index contributed by atoms with van der Waals surface area (Å²) in [6.07, 6.45) is 1.17. The summed E-state index contributed by atoms with van der Waals surface area (Å²) >= 11 is 0. The molecule has 1 aliphatic rings. The number of nitrogens with zero attached hydrogens (tertiary/aromatic N) is 1. The van der Waals surface area contributed by atoms with Gasteiger partial charge in [0.05, 0.1) is 6.61 Å². The highest BCUT2D eigenvalue weighted by Crippen LogP contribution is 2.27. The van der Waals surface area contributed by atoms with E-state index in [2.05, 4.69) is 39.5 Å². The van der Waals surface area contributed by atoms with Gasteiger partial charge in [-0.15, -0.1) is 0 Å². The lowest BCUT2D eigenvalue weighted by atomic mass is 9.85. The van der Waals surface area contributed by atoms with Crippen molar-refractivity contribution in [1.29, 1.82) is 0 Å². The standard InChI is InChI=1S/C12H25NO/c1-10(2)13-7-6-8-14-9-11(13)12(3,4)5/h10-11H,6-9H2,1-5H3/t11-/m1/s1. The van der Waals surface area contributed by atoms with Crippen LogP contribution >= 0.6 is 0 Å². The predicted molar refractivity (Wildman–Crippen MR) is 60.5 cm³/mol. The van der Waals surface area contributed by atoms with Crippen LogP contribution in [0.25, 0.3) is 0 Å². The fraction of sp³-hybridized carbons (Fsp3) is 1.00. The van der Waals surface area contributed by atoms with Gasteiger partial charge in [0.25, 0.3) is 0 Å². The van der Waals surface area contributed by atoms with E-state index in [1.54, 1.807) is 0 Å². The second-order valence-corrected chi connectivity index (χ2v) is 5.64. The summed E-state index contributed by atoms with van der Waals surface area (Å²) in [7, 11) is 0. The van der Waals surface area contributed by atoms with E-state index in [0.717, 1.165) is 13.2 Å². The van der Waals surface area contributed by atoms with Gasteiger partial charge in [-0.3, -0.25) is 4.90 Å². The van der Waals surface area contributed by atoms with Crippen molar-refractivity contribution in [2.75, 3.05) is 19.8 Å². The van der Waals surface area contributed by atoms with Crippen molar-refractivity contribution in [3.05, 3.63) is 0 Å². The Labute approximate surface area is 88.6 Å². The monoisotopic (exact) mass is 199 g/mol. The second-order valence-electron chi connectivity index (χ2n) is 5.64. The summed E-state index contributed by atoms with van der Waals surface area (Å²) in [6, 6.07) is 1.19. The van der Waals surface area contributed by atoms with Crippen molar-refractivity contribution in [3.63, 3.8) is 0 Å². The van der Waals surface area contributed by atoms with Crippen LogP contribution in [0.1, 0.15) is 41.0 Å². The zero-order chi connectivity index (χ0) is 10.8. The lowest BCUT2D eigenvalue weighted by molar-refractivity contribution is 0.0274. The lowest BCUT2D eigenvalue weighted by Gasteiger charge is -2.40. The first kappa shape index (κ1) is 12.0. The van der Waals surface area contributed by atoms with Gasteiger partial charge in [-0.25, -0.2) is 0 Å². The van der Waals surface area contributed by atoms with Crippen molar-refractivity contribution in [2.45, 2.75) is 53.1 Å². The minimum atomic E-state index is 0.314. The van der Waals surface area contributed by atoms with E-state index in [9.17, 15) is 0 Å². The zero-order valence-corrected chi connectivity index (χ0v) is 10.3. The first-order chi connectivity index (χ1) is 6.43. The molecule has 2 nitrogen and oxygen atoms in total. The topological polar surface area (TPSA) is 12.5 Å². The molecule has 1 rings (SSSR count). The van der Waals surface area contributed by atoms with Crippen LogP contribution in [0.5, 0.6) is 0 Å². The summed E-state index contributed by atoms with van der Waals surface area (Å²) in [6.45, 7) is 14.5. The molecule has 0 amide bonds. The van der Waals surface area contributed by atoms with E-state index < -0.39 is 0 Å². The quantitative estimate of drug-likeness (QED) is 0.643. The van der Waals surface area contributed by atoms with Crippen molar-refractivity contribution in [1.82, 2.24) is 4.90 Å². The molecule has 0 radical (unpaired) electrons. The smallest absolute Gasteiger partial charge is 0.0627 e. The maximum Gasteiger partial charge on any atom is 0.0627 e. The van der Waals surface area contributed by atoms with Crippen LogP contribution in [-0.4, -0.2) is 36.7 Å². The van der Waals surface area contributed by atoms with Crippen LogP contribution in [0, 0.1) is 5.41 Å². The zero-order valence-electron chi connectivity index (χ0n) is 10.3. The molecule has 1 heterocycles. The van der Waals surface area contributed by atoms with Crippen LogP contribution in [0.2, 0.25) is 0 Å². The van der Waals surface area contributed by atoms with Gasteiger partial charge >= 0.3 is 0 Å². The maximum atomic E-state index is 5.67. The minimum Gasteiger partial charge on any atom is -0.380 e. The van der Waals surface area contributed by atoms with Gasteiger partial charge in [-0.1, -0.05) is 20.8 Å². The van der Waals surface area contributed by atoms with E-state index in [-0.39, 0.29) is 0 Å². The SMILES string of the molecule is CC(C)N1CCCOC[C@@H]1C(C)(C)C. The Balaban J connectivity index is 2.74. The van der Waals surface area contributed by atoms with Gasteiger partial charge in [0, 0.05) is 25.2 Å². The van der Waals surface area contributed by atoms with Gasteiger partial charge in [0.2, 0.25) is 0 Å². The molecule has 0 aliphatic carbocycles. The average molecular weight is 199 g/mol. The van der Waals surface area contributed by atoms with Gasteiger partial charge < -0.3 is 4.74 Å². The minimum absolute atomic E-state index is 0.314. The molecule has 84 valence electrons. The van der Waals surface area contributed by atoms with Crippen LogP contribution in [0.15, 0.2) is 0 Å². The average Bonchev–Trinajstić information content (AvgIpc) is 2.26. The second kappa shape index (κ2) is 4.63. The third kappa shape index (κ3) is 2.96. The van der Waals surface area contributed by atoms with E-state index in [1.165, 1.54) is 13.0 Å². The molecule has 0 aromatic rings. The van der Waals surface area contributed by atoms with E-state index in [1.807, 2.05) is 0 Å². The van der Waals surface area contributed by atoms with Crippen molar-refractivity contribution >= 4 is 0 Å². The third-order valence-corrected chi connectivity index (χ3v) is 3.04. The van der Waals surface area contributed by atoms with Gasteiger partial charge in [-0.05, 0) is 25.7 Å². The molecular formula is C12H25NO.